The van der Waals surface area contributed by atoms with Gasteiger partial charge in [0.25, 0.3) is 5.91 Å². The van der Waals surface area contributed by atoms with Gasteiger partial charge in [-0.15, -0.1) is 0 Å². The van der Waals surface area contributed by atoms with Crippen molar-refractivity contribution >= 4 is 34.1 Å². The van der Waals surface area contributed by atoms with E-state index in [1.807, 2.05) is 64.2 Å². The fourth-order valence-corrected chi connectivity index (χ4v) is 2.62. The van der Waals surface area contributed by atoms with Crippen LogP contribution in [0.5, 0.6) is 0 Å². The van der Waals surface area contributed by atoms with Crippen LogP contribution in [0.15, 0.2) is 48.7 Å². The van der Waals surface area contributed by atoms with Gasteiger partial charge in [-0.25, -0.2) is 0 Å². The van der Waals surface area contributed by atoms with Crippen LogP contribution in [-0.4, -0.2) is 16.8 Å². The molecule has 0 bridgehead atoms. The highest BCUT2D eigenvalue weighted by atomic mass is 16.2. The molecule has 3 aromatic rings. The molecule has 3 N–H and O–H groups in total. The number of carbonyl (C=O) groups excluding carboxylic acids is 2. The highest BCUT2D eigenvalue weighted by molar-refractivity contribution is 6.12. The normalized spacial score (nSPS) is 11.4. The van der Waals surface area contributed by atoms with Gasteiger partial charge in [0.2, 0.25) is 5.91 Å². The number of H-pyrrole nitrogens is 1. The fourth-order valence-electron chi connectivity index (χ4n) is 2.62. The van der Waals surface area contributed by atoms with Crippen LogP contribution in [0.25, 0.3) is 10.9 Å². The second-order valence-electron chi connectivity index (χ2n) is 7.44. The van der Waals surface area contributed by atoms with Crippen LogP contribution >= 0.6 is 0 Å². The molecule has 0 aliphatic carbocycles. The topological polar surface area (TPSA) is 74.0 Å². The van der Waals surface area contributed by atoms with Crippen LogP contribution in [-0.2, 0) is 4.79 Å². The summed E-state index contributed by atoms with van der Waals surface area (Å²) in [6.07, 6.45) is 1.81. The number of anilines is 2. The number of benzene rings is 2. The van der Waals surface area contributed by atoms with Crippen molar-refractivity contribution in [2.24, 2.45) is 5.41 Å². The van der Waals surface area contributed by atoms with Gasteiger partial charge < -0.3 is 15.6 Å². The zero-order valence-electron chi connectivity index (χ0n) is 15.4. The monoisotopic (exact) mass is 349 g/mol. The van der Waals surface area contributed by atoms with Crippen molar-refractivity contribution in [2.45, 2.75) is 27.7 Å². The smallest absolute Gasteiger partial charge is 0.257 e. The minimum atomic E-state index is -0.491. The van der Waals surface area contributed by atoms with Crippen LogP contribution in [0.1, 0.15) is 36.7 Å². The first kappa shape index (κ1) is 17.7. The predicted molar refractivity (Wildman–Crippen MR) is 106 cm³/mol. The number of carbonyl (C=O) groups is 2. The summed E-state index contributed by atoms with van der Waals surface area (Å²) in [6, 6.07) is 13.0. The maximum atomic E-state index is 12.7. The lowest BCUT2D eigenvalue weighted by molar-refractivity contribution is -0.123. The molecule has 0 aliphatic rings. The number of hydrogen-bond donors (Lipinski definition) is 3. The molecule has 3 rings (SSSR count). The number of amides is 2. The molecule has 0 radical (unpaired) electrons. The van der Waals surface area contributed by atoms with Crippen molar-refractivity contribution in [3.8, 4) is 0 Å². The average molecular weight is 349 g/mol. The molecule has 0 saturated heterocycles. The number of hydrogen-bond acceptors (Lipinski definition) is 2. The Bertz CT molecular complexity index is 980. The van der Waals surface area contributed by atoms with Crippen LogP contribution in [0, 0.1) is 12.3 Å². The van der Waals surface area contributed by atoms with E-state index in [2.05, 4.69) is 15.6 Å². The van der Waals surface area contributed by atoms with E-state index < -0.39 is 5.41 Å². The van der Waals surface area contributed by atoms with Crippen molar-refractivity contribution in [3.63, 3.8) is 0 Å². The van der Waals surface area contributed by atoms with Gasteiger partial charge in [-0.2, -0.15) is 0 Å². The van der Waals surface area contributed by atoms with Gasteiger partial charge in [-0.3, -0.25) is 9.59 Å². The highest BCUT2D eigenvalue weighted by Crippen LogP contribution is 2.25. The van der Waals surface area contributed by atoms with Crippen LogP contribution in [0.3, 0.4) is 0 Å². The third-order valence-electron chi connectivity index (χ3n) is 4.26. The summed E-state index contributed by atoms with van der Waals surface area (Å²) in [5.41, 5.74) is 3.16. The van der Waals surface area contributed by atoms with E-state index in [9.17, 15) is 9.59 Å². The van der Waals surface area contributed by atoms with Crippen LogP contribution in [0.2, 0.25) is 0 Å². The van der Waals surface area contributed by atoms with Crippen molar-refractivity contribution in [1.29, 1.82) is 0 Å². The molecule has 134 valence electrons. The molecule has 0 spiro atoms. The molecule has 0 unspecified atom stereocenters. The SMILES string of the molecule is Cc1ccc(NC(=O)c2cccc3cc[nH]c23)cc1NC(=O)C(C)(C)C. The second-order valence-corrected chi connectivity index (χ2v) is 7.44. The Morgan fingerprint density at radius 1 is 1.00 bits per heavy atom. The molecule has 5 heteroatoms. The van der Waals surface area contributed by atoms with Gasteiger partial charge in [0.1, 0.15) is 0 Å². The standard InChI is InChI=1S/C21H23N3O2/c1-13-8-9-15(12-17(13)24-20(26)21(2,3)4)23-19(25)16-7-5-6-14-10-11-22-18(14)16/h5-12,22H,1-4H3,(H,23,25)(H,24,26). The van der Waals surface area contributed by atoms with E-state index in [0.29, 0.717) is 16.9 Å². The fraction of sp³-hybridized carbons (Fsp3) is 0.238. The van der Waals surface area contributed by atoms with Crippen LogP contribution in [0.4, 0.5) is 11.4 Å². The second kappa shape index (κ2) is 6.67. The molecule has 2 amide bonds. The lowest BCUT2D eigenvalue weighted by atomic mass is 9.95. The van der Waals surface area contributed by atoms with E-state index >= 15 is 0 Å². The Labute approximate surface area is 152 Å². The first-order valence-electron chi connectivity index (χ1n) is 8.55. The third kappa shape index (κ3) is 3.61. The molecule has 0 atom stereocenters. The summed E-state index contributed by atoms with van der Waals surface area (Å²) in [7, 11) is 0. The number of aromatic amines is 1. The zero-order valence-corrected chi connectivity index (χ0v) is 15.4. The van der Waals surface area contributed by atoms with E-state index in [4.69, 9.17) is 0 Å². The Morgan fingerprint density at radius 2 is 1.77 bits per heavy atom. The number of rotatable bonds is 3. The molecular formula is C21H23N3O2. The number of aromatic nitrogens is 1. The minimum Gasteiger partial charge on any atom is -0.361 e. The van der Waals surface area contributed by atoms with E-state index in [0.717, 1.165) is 16.5 Å². The molecule has 0 fully saturated rings. The maximum Gasteiger partial charge on any atom is 0.257 e. The number of para-hydroxylation sites is 1. The molecule has 1 aromatic heterocycles. The molecule has 1 heterocycles. The molecule has 0 aliphatic heterocycles. The van der Waals surface area contributed by atoms with Gasteiger partial charge in [0.05, 0.1) is 11.1 Å². The zero-order chi connectivity index (χ0) is 18.9. The molecule has 2 aromatic carbocycles. The summed E-state index contributed by atoms with van der Waals surface area (Å²) < 4.78 is 0. The summed E-state index contributed by atoms with van der Waals surface area (Å²) >= 11 is 0. The molecule has 0 saturated carbocycles. The molecular weight excluding hydrogens is 326 g/mol. The Morgan fingerprint density at radius 3 is 2.50 bits per heavy atom. The van der Waals surface area contributed by atoms with Gasteiger partial charge >= 0.3 is 0 Å². The average Bonchev–Trinajstić information content (AvgIpc) is 3.05. The van der Waals surface area contributed by atoms with E-state index in [1.54, 1.807) is 12.1 Å². The summed E-state index contributed by atoms with van der Waals surface area (Å²) in [6.45, 7) is 7.50. The summed E-state index contributed by atoms with van der Waals surface area (Å²) in [5, 5.41) is 6.83. The van der Waals surface area contributed by atoms with Gasteiger partial charge in [0.15, 0.2) is 0 Å². The largest absolute Gasteiger partial charge is 0.361 e. The van der Waals surface area contributed by atoms with Crippen LogP contribution < -0.4 is 10.6 Å². The summed E-state index contributed by atoms with van der Waals surface area (Å²) in [4.78, 5) is 28.0. The lowest BCUT2D eigenvalue weighted by Crippen LogP contribution is -2.28. The predicted octanol–water partition coefficient (Wildman–Crippen LogP) is 4.71. The van der Waals surface area contributed by atoms with Crippen molar-refractivity contribution < 1.29 is 9.59 Å². The first-order valence-corrected chi connectivity index (χ1v) is 8.55. The van der Waals surface area contributed by atoms with Gasteiger partial charge in [-0.05, 0) is 36.8 Å². The molecule has 5 nitrogen and oxygen atoms in total. The first-order chi connectivity index (χ1) is 12.3. The van der Waals surface area contributed by atoms with Gasteiger partial charge in [-0.1, -0.05) is 39.0 Å². The van der Waals surface area contributed by atoms with Gasteiger partial charge in [0, 0.05) is 28.4 Å². The number of aryl methyl sites for hydroxylation is 1. The molecule has 26 heavy (non-hydrogen) atoms. The minimum absolute atomic E-state index is 0.0692. The lowest BCUT2D eigenvalue weighted by Gasteiger charge is -2.19. The number of nitrogens with one attached hydrogen (secondary N) is 3. The maximum absolute atomic E-state index is 12.7. The van der Waals surface area contributed by atoms with Crippen molar-refractivity contribution in [2.75, 3.05) is 10.6 Å². The Hall–Kier alpha value is -3.08. The summed E-state index contributed by atoms with van der Waals surface area (Å²) in [5.74, 6) is -0.268. The highest BCUT2D eigenvalue weighted by Gasteiger charge is 2.22. The quantitative estimate of drug-likeness (QED) is 0.640. The number of fused-ring (bicyclic) bond motifs is 1. The van der Waals surface area contributed by atoms with Crippen molar-refractivity contribution in [1.82, 2.24) is 4.98 Å². The van der Waals surface area contributed by atoms with E-state index in [-0.39, 0.29) is 11.8 Å². The van der Waals surface area contributed by atoms with E-state index in [1.165, 1.54) is 0 Å². The third-order valence-corrected chi connectivity index (χ3v) is 4.26. The Balaban J connectivity index is 1.84. The Kier molecular flexibility index (Phi) is 4.55. The van der Waals surface area contributed by atoms with Crippen molar-refractivity contribution in [3.05, 3.63) is 59.8 Å².